The first-order valence-corrected chi connectivity index (χ1v) is 5.89. The van der Waals surface area contributed by atoms with Crippen molar-refractivity contribution in [1.82, 2.24) is 0 Å². The zero-order chi connectivity index (χ0) is 2.00. The molecule has 6 nitrogen and oxygen atoms in total. The van der Waals surface area contributed by atoms with Gasteiger partial charge in [-0.15, -0.1) is 0 Å². The standard InChI is InChI=1S/Al.BrH.6H2O.2H/h;1H;6*1H2;;/q+1;;;;;;;;;/p-1. The van der Waals surface area contributed by atoms with Gasteiger partial charge in [-0.2, -0.15) is 0 Å². The molecule has 0 saturated heterocycles. The van der Waals surface area contributed by atoms with E-state index >= 15 is 0 Å². The lowest BCUT2D eigenvalue weighted by atomic mass is 16.0. The quantitative estimate of drug-likeness (QED) is 0.351. The van der Waals surface area contributed by atoms with Gasteiger partial charge in [0.05, 0.1) is 0 Å². The summed E-state index contributed by atoms with van der Waals surface area (Å²) < 4.78 is 0. The molecule has 0 heterocycles. The van der Waals surface area contributed by atoms with Crippen LogP contribution in [-0.2, 0) is 0 Å². The monoisotopic (exact) mass is 216 g/mol. The van der Waals surface area contributed by atoms with Crippen LogP contribution in [0.25, 0.3) is 0 Å². The van der Waals surface area contributed by atoms with Crippen LogP contribution in [0.2, 0.25) is 0 Å². The Kier molecular flexibility index (Phi) is 12600. The maximum atomic E-state index is 3.08. The second-order valence-corrected chi connectivity index (χ2v) is 0. The van der Waals surface area contributed by atoms with Gasteiger partial charge in [-0.05, 0) is 0 Å². The van der Waals surface area contributed by atoms with Crippen molar-refractivity contribution in [2.45, 2.75) is 0 Å². The second-order valence-electron chi connectivity index (χ2n) is 0. The van der Waals surface area contributed by atoms with Gasteiger partial charge in [0.1, 0.15) is 0 Å². The smallest absolute Gasteiger partial charge is 0.319 e. The maximum Gasteiger partial charge on any atom is 0.319 e. The Morgan fingerprint density at radius 1 is 0.500 bits per heavy atom. The molecule has 0 aliphatic rings. The number of hydrogen-bond acceptors (Lipinski definition) is 0. The zero-order valence-corrected chi connectivity index (χ0v) is 7.96. The van der Waals surface area contributed by atoms with Gasteiger partial charge in [0, 0.05) is 0 Å². The Hall–Kier alpha value is 0.772. The van der Waals surface area contributed by atoms with Crippen LogP contribution in [0.15, 0.2) is 0 Å². The molecule has 60 valence electrons. The van der Waals surface area contributed by atoms with Crippen molar-refractivity contribution in [3.05, 3.63) is 0 Å². The third kappa shape index (κ3) is 378. The normalized spacial score (nSPS) is 0.625. The minimum absolute atomic E-state index is 0. The molecule has 8 heavy (non-hydrogen) atoms. The molecule has 0 spiro atoms. The van der Waals surface area contributed by atoms with E-state index in [1.165, 1.54) is 0 Å². The number of halogens is 1. The largest absolute Gasteiger partial charge is 0.412 e. The van der Waals surface area contributed by atoms with Gasteiger partial charge in [-0.3, -0.25) is 0 Å². The van der Waals surface area contributed by atoms with Crippen molar-refractivity contribution in [1.29, 1.82) is 0 Å². The van der Waals surface area contributed by atoms with E-state index in [0.29, 0.717) is 0 Å². The van der Waals surface area contributed by atoms with Crippen molar-refractivity contribution < 1.29 is 32.9 Å². The fraction of sp³-hybridized carbons (Fsp3) is 0. The first kappa shape index (κ1) is 169. The third-order valence-electron chi connectivity index (χ3n) is 0. The molecule has 8 heteroatoms. The molecule has 0 amide bonds. The van der Waals surface area contributed by atoms with E-state index in [0.717, 1.165) is 14.5 Å². The zero-order valence-electron chi connectivity index (χ0n) is 4.38. The highest BCUT2D eigenvalue weighted by molar-refractivity contribution is 9.22. The summed E-state index contributed by atoms with van der Waals surface area (Å²) in [6.07, 6.45) is 0. The molecule has 12 N–H and O–H groups in total. The molecular formula is H14AlBrO6. The lowest BCUT2D eigenvalue weighted by Gasteiger charge is -0.992. The van der Waals surface area contributed by atoms with Gasteiger partial charge >= 0.3 is 14.5 Å². The molecule has 0 aliphatic heterocycles. The fourth-order valence-electron chi connectivity index (χ4n) is 0. The summed E-state index contributed by atoms with van der Waals surface area (Å²) in [5.74, 6) is 0. The summed E-state index contributed by atoms with van der Waals surface area (Å²) in [7, 11) is 0. The lowest BCUT2D eigenvalue weighted by Crippen LogP contribution is -0.941. The van der Waals surface area contributed by atoms with Crippen LogP contribution in [0, 0.1) is 0 Å². The Labute approximate surface area is 61.8 Å². The average Bonchev–Trinajstić information content (AvgIpc) is 1.00. The summed E-state index contributed by atoms with van der Waals surface area (Å²) in [4.78, 5) is 0. The second kappa shape index (κ2) is 597. The Balaban J connectivity index is -0.000000000333. The maximum absolute atomic E-state index is 3.08. The Morgan fingerprint density at radius 2 is 0.500 bits per heavy atom. The van der Waals surface area contributed by atoms with Crippen molar-refractivity contribution in [2.24, 2.45) is 0 Å². The van der Waals surface area contributed by atoms with Crippen LogP contribution in [0.1, 0.15) is 0 Å². The molecular weight excluding hydrogens is 203 g/mol. The molecule has 0 unspecified atom stereocenters. The molecule has 0 fully saturated rings. The number of hydrogen-bond donors (Lipinski definition) is 0. The molecule has 0 saturated carbocycles. The molecule has 0 rings (SSSR count). The summed E-state index contributed by atoms with van der Waals surface area (Å²) in [5, 5.41) is 0. The van der Waals surface area contributed by atoms with E-state index in [-0.39, 0.29) is 32.9 Å². The predicted molar refractivity (Wildman–Crippen MR) is 39.2 cm³/mol. The van der Waals surface area contributed by atoms with E-state index in [9.17, 15) is 0 Å². The van der Waals surface area contributed by atoms with Crippen molar-refractivity contribution in [2.75, 3.05) is 0 Å². The first-order valence-electron chi connectivity index (χ1n) is 0.378. The van der Waals surface area contributed by atoms with Crippen molar-refractivity contribution in [3.63, 3.8) is 0 Å². The molecule has 0 aromatic rings. The van der Waals surface area contributed by atoms with Crippen LogP contribution >= 0.6 is 14.1 Å². The SMILES string of the molecule is O.O.O.O.O.O.[AlH2][Br]. The third-order valence-corrected chi connectivity index (χ3v) is 0. The molecule has 0 aromatic carbocycles. The van der Waals surface area contributed by atoms with Gasteiger partial charge in [0.2, 0.25) is 0 Å². The highest BCUT2D eigenvalue weighted by Gasteiger charge is 1.08. The highest BCUT2D eigenvalue weighted by Crippen LogP contribution is 1.41. The molecule has 0 radical (unpaired) electrons. The van der Waals surface area contributed by atoms with Crippen LogP contribution in [0.5, 0.6) is 0 Å². The first-order chi connectivity index (χ1) is 1.00. The molecule has 0 bridgehead atoms. The fourth-order valence-corrected chi connectivity index (χ4v) is 0. The average molecular weight is 217 g/mol. The van der Waals surface area contributed by atoms with Gasteiger partial charge in [-0.25, -0.2) is 14.1 Å². The molecule has 0 aliphatic carbocycles. The van der Waals surface area contributed by atoms with Gasteiger partial charge in [0.25, 0.3) is 0 Å². The minimum atomic E-state index is 0. The van der Waals surface area contributed by atoms with E-state index in [1.54, 1.807) is 0 Å². The Morgan fingerprint density at radius 3 is 0.500 bits per heavy atom. The summed E-state index contributed by atoms with van der Waals surface area (Å²) in [6, 6.07) is 0. The van der Waals surface area contributed by atoms with Gasteiger partial charge in [0.15, 0.2) is 0 Å². The van der Waals surface area contributed by atoms with Gasteiger partial charge in [-0.1, -0.05) is 0 Å². The molecule has 0 aromatic heterocycles. The van der Waals surface area contributed by atoms with Crippen molar-refractivity contribution in [3.8, 4) is 0 Å². The van der Waals surface area contributed by atoms with E-state index in [1.807, 2.05) is 0 Å². The van der Waals surface area contributed by atoms with Crippen LogP contribution in [0.4, 0.5) is 0 Å². The predicted octanol–water partition coefficient (Wildman–Crippen LogP) is -5.02. The number of rotatable bonds is 0. The summed E-state index contributed by atoms with van der Waals surface area (Å²) in [6.45, 7) is 0. The topological polar surface area (TPSA) is 189 Å². The van der Waals surface area contributed by atoms with Crippen molar-refractivity contribution >= 4 is 28.5 Å². The summed E-state index contributed by atoms with van der Waals surface area (Å²) >= 11 is 4.19. The van der Waals surface area contributed by atoms with E-state index < -0.39 is 0 Å². The van der Waals surface area contributed by atoms with E-state index in [2.05, 4.69) is 14.1 Å². The lowest BCUT2D eigenvalue weighted by molar-refractivity contribution is 0.823. The van der Waals surface area contributed by atoms with Crippen LogP contribution in [-0.4, -0.2) is 47.3 Å². The highest BCUT2D eigenvalue weighted by atomic mass is 79.9. The minimum Gasteiger partial charge on any atom is -0.412 e. The molecule has 0 atom stereocenters. The Bertz CT molecular complexity index is 8.49. The van der Waals surface area contributed by atoms with Crippen LogP contribution in [0.3, 0.4) is 0 Å². The van der Waals surface area contributed by atoms with Crippen LogP contribution < -0.4 is 0 Å². The van der Waals surface area contributed by atoms with E-state index in [4.69, 9.17) is 0 Å². The summed E-state index contributed by atoms with van der Waals surface area (Å²) in [5.41, 5.74) is 0. The van der Waals surface area contributed by atoms with Gasteiger partial charge < -0.3 is 32.9 Å².